The molecule has 1 heterocycles. The number of halogens is 1. The number of hydrogen-bond donors (Lipinski definition) is 1. The molecule has 1 N–H and O–H groups in total. The lowest BCUT2D eigenvalue weighted by Crippen LogP contribution is -2.50. The first-order chi connectivity index (χ1) is 10.1. The van der Waals surface area contributed by atoms with Crippen LogP contribution in [0.15, 0.2) is 24.3 Å². The molecule has 0 aliphatic carbocycles. The van der Waals surface area contributed by atoms with Gasteiger partial charge in [0, 0.05) is 39.3 Å². The van der Waals surface area contributed by atoms with E-state index < -0.39 is 12.1 Å². The van der Waals surface area contributed by atoms with E-state index in [4.69, 9.17) is 21.4 Å². The number of carboxylic acids is 1. The fraction of sp³-hybridized carbons (Fsp3) is 0.533. The number of aliphatic carboxylic acids is 1. The number of carbonyl (C=O) groups is 1. The van der Waals surface area contributed by atoms with Crippen LogP contribution in [-0.4, -0.2) is 61.4 Å². The van der Waals surface area contributed by atoms with Gasteiger partial charge < -0.3 is 14.7 Å². The van der Waals surface area contributed by atoms with E-state index >= 15 is 0 Å². The molecule has 5 nitrogen and oxygen atoms in total. The summed E-state index contributed by atoms with van der Waals surface area (Å²) in [5, 5.41) is 9.88. The normalized spacial score (nSPS) is 17.7. The van der Waals surface area contributed by atoms with E-state index in [0.717, 1.165) is 36.9 Å². The molecule has 116 valence electrons. The Balaban J connectivity index is 1.88. The molecule has 6 heteroatoms. The summed E-state index contributed by atoms with van der Waals surface area (Å²) in [7, 11) is 0. The average molecular weight is 313 g/mol. The molecule has 1 saturated heterocycles. The zero-order chi connectivity index (χ0) is 15.2. The molecular formula is C15H21ClN2O3. The van der Waals surface area contributed by atoms with Crippen LogP contribution in [0.3, 0.4) is 0 Å². The zero-order valence-electron chi connectivity index (χ0n) is 12.2. The van der Waals surface area contributed by atoms with Crippen molar-refractivity contribution in [2.75, 3.05) is 44.2 Å². The summed E-state index contributed by atoms with van der Waals surface area (Å²) in [6.45, 7) is 5.94. The number of benzene rings is 1. The van der Waals surface area contributed by atoms with Gasteiger partial charge in [0.25, 0.3) is 0 Å². The monoisotopic (exact) mass is 312 g/mol. The Morgan fingerprint density at radius 2 is 2.00 bits per heavy atom. The van der Waals surface area contributed by atoms with Crippen LogP contribution in [0.4, 0.5) is 5.69 Å². The Bertz CT molecular complexity index is 476. The molecule has 1 aliphatic rings. The van der Waals surface area contributed by atoms with E-state index in [0.29, 0.717) is 13.2 Å². The number of hydrogen-bond acceptors (Lipinski definition) is 4. The first-order valence-electron chi connectivity index (χ1n) is 7.18. The number of piperazine rings is 1. The molecule has 1 fully saturated rings. The summed E-state index contributed by atoms with van der Waals surface area (Å²) >= 11 is 6.21. The average Bonchev–Trinajstić information content (AvgIpc) is 2.48. The summed E-state index contributed by atoms with van der Waals surface area (Å²) in [5.74, 6) is -0.898. The van der Waals surface area contributed by atoms with E-state index in [1.165, 1.54) is 0 Å². The lowest BCUT2D eigenvalue weighted by Gasteiger charge is -2.37. The predicted octanol–water partition coefficient (Wildman–Crippen LogP) is 1.95. The predicted molar refractivity (Wildman–Crippen MR) is 83.2 cm³/mol. The van der Waals surface area contributed by atoms with Gasteiger partial charge in [0.05, 0.1) is 10.7 Å². The van der Waals surface area contributed by atoms with Crippen molar-refractivity contribution in [1.29, 1.82) is 0 Å². The molecule has 0 amide bonds. The summed E-state index contributed by atoms with van der Waals surface area (Å²) in [4.78, 5) is 15.5. The Morgan fingerprint density at radius 1 is 1.33 bits per heavy atom. The van der Waals surface area contributed by atoms with Gasteiger partial charge in [-0.3, -0.25) is 4.90 Å². The van der Waals surface area contributed by atoms with Crippen LogP contribution in [0.1, 0.15) is 6.92 Å². The molecule has 0 bridgehead atoms. The summed E-state index contributed by atoms with van der Waals surface area (Å²) < 4.78 is 5.26. The maximum atomic E-state index is 11.1. The lowest BCUT2D eigenvalue weighted by molar-refractivity contribution is -0.151. The molecular weight excluding hydrogens is 292 g/mol. The van der Waals surface area contributed by atoms with E-state index in [9.17, 15) is 4.79 Å². The minimum atomic E-state index is -0.898. The maximum Gasteiger partial charge on any atom is 0.334 e. The van der Waals surface area contributed by atoms with E-state index in [-0.39, 0.29) is 0 Å². The highest BCUT2D eigenvalue weighted by Gasteiger charge is 2.25. The molecule has 0 spiro atoms. The van der Waals surface area contributed by atoms with Gasteiger partial charge in [-0.25, -0.2) is 4.79 Å². The Labute approximate surface area is 130 Å². The van der Waals surface area contributed by atoms with Crippen molar-refractivity contribution in [2.45, 2.75) is 13.0 Å². The number of rotatable bonds is 6. The van der Waals surface area contributed by atoms with Crippen molar-refractivity contribution in [2.24, 2.45) is 0 Å². The summed E-state index contributed by atoms with van der Waals surface area (Å²) in [5.41, 5.74) is 1.04. The third kappa shape index (κ3) is 4.33. The molecule has 0 saturated carbocycles. The highest BCUT2D eigenvalue weighted by atomic mass is 35.5. The van der Waals surface area contributed by atoms with Gasteiger partial charge >= 0.3 is 5.97 Å². The van der Waals surface area contributed by atoms with Gasteiger partial charge in [0.15, 0.2) is 6.10 Å². The van der Waals surface area contributed by atoms with Crippen LogP contribution in [0.5, 0.6) is 0 Å². The van der Waals surface area contributed by atoms with Gasteiger partial charge in [-0.2, -0.15) is 0 Å². The van der Waals surface area contributed by atoms with Crippen LogP contribution in [0.25, 0.3) is 0 Å². The van der Waals surface area contributed by atoms with Gasteiger partial charge in [-0.05, 0) is 19.1 Å². The molecule has 1 unspecified atom stereocenters. The van der Waals surface area contributed by atoms with Crippen LogP contribution in [0.2, 0.25) is 5.02 Å². The number of anilines is 1. The van der Waals surface area contributed by atoms with Crippen LogP contribution in [-0.2, 0) is 9.53 Å². The van der Waals surface area contributed by atoms with Crippen LogP contribution < -0.4 is 4.90 Å². The van der Waals surface area contributed by atoms with Crippen molar-refractivity contribution in [1.82, 2.24) is 4.90 Å². The van der Waals surface area contributed by atoms with E-state index in [1.807, 2.05) is 31.2 Å². The molecule has 1 aliphatic heterocycles. The molecule has 1 atom stereocenters. The van der Waals surface area contributed by atoms with Crippen molar-refractivity contribution < 1.29 is 14.6 Å². The smallest absolute Gasteiger partial charge is 0.334 e. The van der Waals surface area contributed by atoms with Crippen molar-refractivity contribution in [3.05, 3.63) is 29.3 Å². The highest BCUT2D eigenvalue weighted by Crippen LogP contribution is 2.26. The minimum Gasteiger partial charge on any atom is -0.479 e. The third-order valence-electron chi connectivity index (χ3n) is 3.63. The molecule has 21 heavy (non-hydrogen) atoms. The quantitative estimate of drug-likeness (QED) is 0.870. The van der Waals surface area contributed by atoms with E-state index in [1.54, 1.807) is 0 Å². The van der Waals surface area contributed by atoms with Gasteiger partial charge in [0.1, 0.15) is 0 Å². The fourth-order valence-corrected chi connectivity index (χ4v) is 2.77. The molecule has 0 radical (unpaired) electrons. The molecule has 1 aromatic carbocycles. The second-order valence-electron chi connectivity index (χ2n) is 5.02. The molecule has 0 aromatic heterocycles. The topological polar surface area (TPSA) is 53.0 Å². The minimum absolute atomic E-state index is 0.413. The second kappa shape index (κ2) is 7.64. The first kappa shape index (κ1) is 16.1. The third-order valence-corrected chi connectivity index (χ3v) is 3.95. The molecule has 2 rings (SSSR count). The number of carboxylic acid groups (broad SMARTS) is 1. The van der Waals surface area contributed by atoms with Crippen LogP contribution >= 0.6 is 11.6 Å². The zero-order valence-corrected chi connectivity index (χ0v) is 12.9. The van der Waals surface area contributed by atoms with Crippen molar-refractivity contribution in [3.8, 4) is 0 Å². The first-order valence-corrected chi connectivity index (χ1v) is 7.56. The highest BCUT2D eigenvalue weighted by molar-refractivity contribution is 6.33. The van der Waals surface area contributed by atoms with E-state index in [2.05, 4.69) is 9.80 Å². The number of ether oxygens (including phenoxy) is 1. The fourth-order valence-electron chi connectivity index (χ4n) is 2.52. The largest absolute Gasteiger partial charge is 0.479 e. The Kier molecular flexibility index (Phi) is 5.85. The second-order valence-corrected chi connectivity index (χ2v) is 5.43. The van der Waals surface area contributed by atoms with Gasteiger partial charge in [-0.15, -0.1) is 0 Å². The van der Waals surface area contributed by atoms with Gasteiger partial charge in [0.2, 0.25) is 0 Å². The van der Waals surface area contributed by atoms with Crippen LogP contribution in [0, 0.1) is 0 Å². The SMILES string of the molecule is CCOC(CN1CCN(c2ccccc2Cl)CC1)C(=O)O. The van der Waals surface area contributed by atoms with Crippen molar-refractivity contribution in [3.63, 3.8) is 0 Å². The summed E-state index contributed by atoms with van der Waals surface area (Å²) in [6, 6.07) is 7.79. The standard InChI is InChI=1S/C15H21ClN2O3/c1-2-21-14(15(19)20)11-17-7-9-18(10-8-17)13-6-4-3-5-12(13)16/h3-6,14H,2,7-11H2,1H3,(H,19,20). The Morgan fingerprint density at radius 3 is 2.57 bits per heavy atom. The maximum absolute atomic E-state index is 11.1. The lowest BCUT2D eigenvalue weighted by atomic mass is 10.2. The number of nitrogens with zero attached hydrogens (tertiary/aromatic N) is 2. The van der Waals surface area contributed by atoms with Crippen molar-refractivity contribution >= 4 is 23.3 Å². The molecule has 1 aromatic rings. The summed E-state index contributed by atoms with van der Waals surface area (Å²) in [6.07, 6.45) is -0.748. The number of para-hydroxylation sites is 1. The Hall–Kier alpha value is -1.30. The van der Waals surface area contributed by atoms with Gasteiger partial charge in [-0.1, -0.05) is 23.7 Å².